The zero-order chi connectivity index (χ0) is 12.3. The van der Waals surface area contributed by atoms with Crippen LogP contribution in [0.3, 0.4) is 0 Å². The molecule has 0 nitrogen and oxygen atoms in total. The maximum absolute atomic E-state index is 6.10. The smallest absolute Gasteiger partial charge is 0.0438 e. The molecule has 0 fully saturated rings. The molecule has 0 aromatic heterocycles. The van der Waals surface area contributed by atoms with Crippen molar-refractivity contribution in [2.24, 2.45) is 5.92 Å². The Balaban J connectivity index is 2.82. The molecule has 0 aliphatic heterocycles. The number of aryl methyl sites for hydroxylation is 2. The Morgan fingerprint density at radius 2 is 1.75 bits per heavy atom. The van der Waals surface area contributed by atoms with E-state index in [-0.39, 0.29) is 0 Å². The van der Waals surface area contributed by atoms with Gasteiger partial charge in [-0.05, 0) is 55.4 Å². The minimum atomic E-state index is 0.450. The first kappa shape index (κ1) is 14.1. The van der Waals surface area contributed by atoms with Crippen molar-refractivity contribution in [2.75, 3.05) is 0 Å². The van der Waals surface area contributed by atoms with Gasteiger partial charge >= 0.3 is 0 Å². The second-order valence-corrected chi connectivity index (χ2v) is 6.41. The summed E-state index contributed by atoms with van der Waals surface area (Å²) in [6.45, 7) is 8.72. The molecule has 1 aromatic rings. The van der Waals surface area contributed by atoms with Crippen LogP contribution in [0.1, 0.15) is 48.2 Å². The van der Waals surface area contributed by atoms with E-state index < -0.39 is 0 Å². The standard InChI is InChI=1S/C14H20BrCl/c1-9(2)5-6-13(15)12-7-11(4)14(16)8-10(12)3/h7-9,13H,5-6H2,1-4H3. The molecule has 1 atom stereocenters. The molecule has 90 valence electrons. The number of benzene rings is 1. The predicted molar refractivity (Wildman–Crippen MR) is 76.7 cm³/mol. The van der Waals surface area contributed by atoms with Gasteiger partial charge in [0.1, 0.15) is 0 Å². The molecule has 0 aliphatic rings. The van der Waals surface area contributed by atoms with Crippen molar-refractivity contribution in [3.63, 3.8) is 0 Å². The number of hydrogen-bond acceptors (Lipinski definition) is 0. The summed E-state index contributed by atoms with van der Waals surface area (Å²) in [6.07, 6.45) is 2.43. The minimum Gasteiger partial charge on any atom is -0.0840 e. The first-order chi connectivity index (χ1) is 7.41. The molecule has 0 saturated heterocycles. The van der Waals surface area contributed by atoms with Gasteiger partial charge in [-0.1, -0.05) is 47.4 Å². The quantitative estimate of drug-likeness (QED) is 0.614. The highest BCUT2D eigenvalue weighted by Crippen LogP contribution is 2.33. The lowest BCUT2D eigenvalue weighted by atomic mass is 9.98. The molecular formula is C14H20BrCl. The molecule has 2 heteroatoms. The number of halogens is 2. The number of hydrogen-bond donors (Lipinski definition) is 0. The Morgan fingerprint density at radius 1 is 1.12 bits per heavy atom. The van der Waals surface area contributed by atoms with Crippen molar-refractivity contribution in [3.05, 3.63) is 33.8 Å². The average molecular weight is 304 g/mol. The highest BCUT2D eigenvalue weighted by atomic mass is 79.9. The molecule has 0 radical (unpaired) electrons. The third-order valence-electron chi connectivity index (χ3n) is 2.88. The molecule has 1 unspecified atom stereocenters. The summed E-state index contributed by atoms with van der Waals surface area (Å²) in [6, 6.07) is 4.27. The van der Waals surface area contributed by atoms with Crippen LogP contribution >= 0.6 is 27.5 Å². The molecule has 0 N–H and O–H groups in total. The van der Waals surface area contributed by atoms with Gasteiger partial charge in [0.15, 0.2) is 0 Å². The fourth-order valence-electron chi connectivity index (χ4n) is 1.78. The highest BCUT2D eigenvalue weighted by molar-refractivity contribution is 9.09. The van der Waals surface area contributed by atoms with E-state index in [1.807, 2.05) is 0 Å². The molecule has 16 heavy (non-hydrogen) atoms. The van der Waals surface area contributed by atoms with E-state index in [9.17, 15) is 0 Å². The van der Waals surface area contributed by atoms with Gasteiger partial charge in [0.25, 0.3) is 0 Å². The first-order valence-electron chi connectivity index (χ1n) is 5.82. The van der Waals surface area contributed by atoms with Gasteiger partial charge in [-0.15, -0.1) is 0 Å². The van der Waals surface area contributed by atoms with Crippen molar-refractivity contribution in [2.45, 2.75) is 45.4 Å². The van der Waals surface area contributed by atoms with E-state index in [0.717, 1.165) is 16.5 Å². The normalized spacial score (nSPS) is 13.2. The summed E-state index contributed by atoms with van der Waals surface area (Å²) in [5.74, 6) is 0.758. The molecule has 0 bridgehead atoms. The second kappa shape index (κ2) is 6.07. The lowest BCUT2D eigenvalue weighted by molar-refractivity contribution is 0.553. The lowest BCUT2D eigenvalue weighted by Gasteiger charge is -2.16. The number of rotatable bonds is 4. The summed E-state index contributed by atoms with van der Waals surface area (Å²) in [4.78, 5) is 0.450. The fraction of sp³-hybridized carbons (Fsp3) is 0.571. The Hall–Kier alpha value is -0.0100. The van der Waals surface area contributed by atoms with Crippen LogP contribution in [0.4, 0.5) is 0 Å². The molecule has 0 saturated carbocycles. The van der Waals surface area contributed by atoms with Gasteiger partial charge in [0.2, 0.25) is 0 Å². The van der Waals surface area contributed by atoms with Gasteiger partial charge in [-0.3, -0.25) is 0 Å². The van der Waals surface area contributed by atoms with E-state index in [1.54, 1.807) is 0 Å². The Morgan fingerprint density at radius 3 is 2.31 bits per heavy atom. The predicted octanol–water partition coefficient (Wildman–Crippen LogP) is 5.83. The molecular weight excluding hydrogens is 284 g/mol. The highest BCUT2D eigenvalue weighted by Gasteiger charge is 2.12. The summed E-state index contributed by atoms with van der Waals surface area (Å²) in [7, 11) is 0. The maximum Gasteiger partial charge on any atom is 0.0438 e. The molecule has 1 rings (SSSR count). The Kier molecular flexibility index (Phi) is 5.33. The van der Waals surface area contributed by atoms with Gasteiger partial charge < -0.3 is 0 Å². The second-order valence-electron chi connectivity index (χ2n) is 4.90. The molecule has 0 spiro atoms. The van der Waals surface area contributed by atoms with Crippen LogP contribution in [-0.2, 0) is 0 Å². The van der Waals surface area contributed by atoms with Crippen LogP contribution in [-0.4, -0.2) is 0 Å². The van der Waals surface area contributed by atoms with Crippen LogP contribution in [0.15, 0.2) is 12.1 Å². The van der Waals surface area contributed by atoms with Gasteiger partial charge in [0, 0.05) is 9.85 Å². The largest absolute Gasteiger partial charge is 0.0840 e. The van der Waals surface area contributed by atoms with Crippen LogP contribution in [0, 0.1) is 19.8 Å². The van der Waals surface area contributed by atoms with Crippen LogP contribution in [0.25, 0.3) is 0 Å². The van der Waals surface area contributed by atoms with E-state index in [1.165, 1.54) is 24.0 Å². The fourth-order valence-corrected chi connectivity index (χ4v) is 2.75. The third kappa shape index (κ3) is 3.78. The first-order valence-corrected chi connectivity index (χ1v) is 7.12. The zero-order valence-corrected chi connectivity index (χ0v) is 12.8. The summed E-state index contributed by atoms with van der Waals surface area (Å²) in [5.41, 5.74) is 3.82. The lowest BCUT2D eigenvalue weighted by Crippen LogP contribution is -1.98. The van der Waals surface area contributed by atoms with Crippen molar-refractivity contribution in [1.82, 2.24) is 0 Å². The van der Waals surface area contributed by atoms with Crippen molar-refractivity contribution >= 4 is 27.5 Å². The van der Waals surface area contributed by atoms with Crippen molar-refractivity contribution in [1.29, 1.82) is 0 Å². The van der Waals surface area contributed by atoms with E-state index in [4.69, 9.17) is 11.6 Å². The zero-order valence-electron chi connectivity index (χ0n) is 10.5. The van der Waals surface area contributed by atoms with Gasteiger partial charge in [-0.2, -0.15) is 0 Å². The SMILES string of the molecule is Cc1cc(C(Br)CCC(C)C)c(C)cc1Cl. The van der Waals surface area contributed by atoms with Crippen molar-refractivity contribution < 1.29 is 0 Å². The minimum absolute atomic E-state index is 0.450. The molecule has 0 aliphatic carbocycles. The van der Waals surface area contributed by atoms with Crippen molar-refractivity contribution in [3.8, 4) is 0 Å². The van der Waals surface area contributed by atoms with E-state index in [2.05, 4.69) is 55.8 Å². The van der Waals surface area contributed by atoms with E-state index in [0.29, 0.717) is 4.83 Å². The van der Waals surface area contributed by atoms with Gasteiger partial charge in [-0.25, -0.2) is 0 Å². The summed E-state index contributed by atoms with van der Waals surface area (Å²) < 4.78 is 0. The van der Waals surface area contributed by atoms with Crippen LogP contribution < -0.4 is 0 Å². The summed E-state index contributed by atoms with van der Waals surface area (Å²) >= 11 is 9.88. The van der Waals surface area contributed by atoms with Gasteiger partial charge in [0.05, 0.1) is 0 Å². The topological polar surface area (TPSA) is 0 Å². The molecule has 1 aromatic carbocycles. The monoisotopic (exact) mass is 302 g/mol. The van der Waals surface area contributed by atoms with E-state index >= 15 is 0 Å². The Bertz CT molecular complexity index is 358. The third-order valence-corrected chi connectivity index (χ3v) is 4.24. The number of alkyl halides is 1. The summed E-state index contributed by atoms with van der Waals surface area (Å²) in [5, 5.41) is 0.866. The Labute approximate surface area is 113 Å². The van der Waals surface area contributed by atoms with Crippen LogP contribution in [0.5, 0.6) is 0 Å². The maximum atomic E-state index is 6.10. The molecule has 0 heterocycles. The van der Waals surface area contributed by atoms with Crippen LogP contribution in [0.2, 0.25) is 5.02 Å². The molecule has 0 amide bonds. The average Bonchev–Trinajstić information content (AvgIpc) is 2.20.